The Labute approximate surface area is 59.3 Å². The molecule has 1 atom stereocenters. The summed E-state index contributed by atoms with van der Waals surface area (Å²) in [5, 5.41) is 3.35. The molecule has 0 radical (unpaired) electrons. The maximum atomic E-state index is 3.35. The van der Waals surface area contributed by atoms with Crippen LogP contribution in [0, 0.1) is 0 Å². The SMILES string of the molecule is CC1(C)CNCCN1P. The molecule has 0 aliphatic carbocycles. The van der Waals surface area contributed by atoms with Crippen LogP contribution in [0.2, 0.25) is 0 Å². The lowest BCUT2D eigenvalue weighted by atomic mass is 10.0. The molecule has 0 saturated carbocycles. The van der Waals surface area contributed by atoms with Gasteiger partial charge in [-0.05, 0) is 13.8 Å². The van der Waals surface area contributed by atoms with Crippen LogP contribution in [0.4, 0.5) is 0 Å². The lowest BCUT2D eigenvalue weighted by molar-refractivity contribution is 0.202. The molecule has 2 nitrogen and oxygen atoms in total. The summed E-state index contributed by atoms with van der Waals surface area (Å²) >= 11 is 0. The third-order valence-electron chi connectivity index (χ3n) is 1.86. The molecule has 1 fully saturated rings. The lowest BCUT2D eigenvalue weighted by Crippen LogP contribution is -2.53. The van der Waals surface area contributed by atoms with Gasteiger partial charge in [0.25, 0.3) is 0 Å². The van der Waals surface area contributed by atoms with Gasteiger partial charge in [-0.1, -0.05) is 9.39 Å². The summed E-state index contributed by atoms with van der Waals surface area (Å²) < 4.78 is 2.31. The van der Waals surface area contributed by atoms with E-state index in [2.05, 4.69) is 33.2 Å². The van der Waals surface area contributed by atoms with E-state index in [4.69, 9.17) is 0 Å². The normalized spacial score (nSPS) is 28.3. The highest BCUT2D eigenvalue weighted by Gasteiger charge is 2.25. The number of nitrogens with zero attached hydrogens (tertiary/aromatic N) is 1. The molecule has 1 heterocycles. The molecule has 0 bridgehead atoms. The van der Waals surface area contributed by atoms with Gasteiger partial charge in [-0.15, -0.1) is 0 Å². The summed E-state index contributed by atoms with van der Waals surface area (Å²) in [5.74, 6) is 0. The summed E-state index contributed by atoms with van der Waals surface area (Å²) in [5.41, 5.74) is 0.322. The summed E-state index contributed by atoms with van der Waals surface area (Å²) in [6.07, 6.45) is 0. The van der Waals surface area contributed by atoms with Gasteiger partial charge >= 0.3 is 0 Å². The molecule has 1 aliphatic heterocycles. The first-order valence-corrected chi connectivity index (χ1v) is 3.88. The Morgan fingerprint density at radius 3 is 2.56 bits per heavy atom. The Morgan fingerprint density at radius 1 is 1.56 bits per heavy atom. The monoisotopic (exact) mass is 146 g/mol. The van der Waals surface area contributed by atoms with E-state index in [1.165, 1.54) is 0 Å². The number of nitrogens with one attached hydrogen (secondary N) is 1. The smallest absolute Gasteiger partial charge is 0.0310 e. The fourth-order valence-electron chi connectivity index (χ4n) is 0.998. The average Bonchev–Trinajstić information content (AvgIpc) is 1.77. The van der Waals surface area contributed by atoms with Crippen LogP contribution in [0.15, 0.2) is 0 Å². The largest absolute Gasteiger partial charge is 0.314 e. The van der Waals surface area contributed by atoms with Crippen molar-refractivity contribution in [2.75, 3.05) is 19.6 Å². The predicted octanol–water partition coefficient (Wildman–Crippen LogP) is 0.460. The van der Waals surface area contributed by atoms with Crippen molar-refractivity contribution < 1.29 is 0 Å². The van der Waals surface area contributed by atoms with Crippen molar-refractivity contribution in [1.82, 2.24) is 9.99 Å². The van der Waals surface area contributed by atoms with E-state index >= 15 is 0 Å². The number of rotatable bonds is 0. The summed E-state index contributed by atoms with van der Waals surface area (Å²) in [6, 6.07) is 0. The zero-order valence-electron chi connectivity index (χ0n) is 6.15. The number of hydrogen-bond acceptors (Lipinski definition) is 2. The van der Waals surface area contributed by atoms with Crippen LogP contribution in [-0.4, -0.2) is 29.8 Å². The third-order valence-corrected chi connectivity index (χ3v) is 2.82. The van der Waals surface area contributed by atoms with Crippen LogP contribution < -0.4 is 5.32 Å². The highest BCUT2D eigenvalue weighted by molar-refractivity contribution is 7.13. The van der Waals surface area contributed by atoms with Crippen molar-refractivity contribution in [2.24, 2.45) is 0 Å². The first kappa shape index (κ1) is 7.46. The van der Waals surface area contributed by atoms with Crippen molar-refractivity contribution in [3.8, 4) is 0 Å². The molecule has 0 aromatic carbocycles. The Bertz CT molecular complexity index is 103. The third kappa shape index (κ3) is 1.64. The molecule has 3 heteroatoms. The molecule has 1 saturated heterocycles. The number of piperazine rings is 1. The maximum Gasteiger partial charge on any atom is 0.0310 e. The molecule has 0 aromatic rings. The Morgan fingerprint density at radius 2 is 2.22 bits per heavy atom. The molecule has 1 unspecified atom stereocenters. The van der Waals surface area contributed by atoms with Crippen molar-refractivity contribution in [3.63, 3.8) is 0 Å². The molecular weight excluding hydrogens is 131 g/mol. The Kier molecular flexibility index (Phi) is 2.10. The molecule has 1 aliphatic rings. The van der Waals surface area contributed by atoms with Gasteiger partial charge in [0.15, 0.2) is 0 Å². The van der Waals surface area contributed by atoms with Crippen molar-refractivity contribution in [1.29, 1.82) is 0 Å². The molecule has 54 valence electrons. The van der Waals surface area contributed by atoms with E-state index in [-0.39, 0.29) is 0 Å². The molecular formula is C6H15N2P. The summed E-state index contributed by atoms with van der Waals surface area (Å²) in [7, 11) is 2.77. The van der Waals surface area contributed by atoms with Gasteiger partial charge in [0.05, 0.1) is 0 Å². The van der Waals surface area contributed by atoms with Gasteiger partial charge in [0.1, 0.15) is 0 Å². The van der Waals surface area contributed by atoms with Crippen LogP contribution in [0.3, 0.4) is 0 Å². The van der Waals surface area contributed by atoms with Crippen LogP contribution in [0.5, 0.6) is 0 Å². The fourth-order valence-corrected chi connectivity index (χ4v) is 1.22. The van der Waals surface area contributed by atoms with Gasteiger partial charge in [0, 0.05) is 25.2 Å². The molecule has 0 amide bonds. The summed E-state index contributed by atoms with van der Waals surface area (Å²) in [4.78, 5) is 0. The Balaban J connectivity index is 2.49. The minimum atomic E-state index is 0.322. The van der Waals surface area contributed by atoms with Gasteiger partial charge in [-0.25, -0.2) is 0 Å². The molecule has 0 aromatic heterocycles. The standard InChI is InChI=1S/C6H15N2P/c1-6(2)5-7-3-4-8(6)9/h7H,3-5,9H2,1-2H3. The zero-order valence-corrected chi connectivity index (χ0v) is 7.30. The van der Waals surface area contributed by atoms with Crippen molar-refractivity contribution in [3.05, 3.63) is 0 Å². The quantitative estimate of drug-likeness (QED) is 0.499. The van der Waals surface area contributed by atoms with E-state index in [1.807, 2.05) is 0 Å². The minimum absolute atomic E-state index is 0.322. The minimum Gasteiger partial charge on any atom is -0.314 e. The fraction of sp³-hybridized carbons (Fsp3) is 1.00. The van der Waals surface area contributed by atoms with E-state index < -0.39 is 0 Å². The molecule has 1 N–H and O–H groups in total. The molecule has 0 spiro atoms. The first-order valence-electron chi connectivity index (χ1n) is 3.36. The molecule has 1 rings (SSSR count). The Hall–Kier alpha value is 0.350. The van der Waals surface area contributed by atoms with Crippen LogP contribution in [0.1, 0.15) is 13.8 Å². The van der Waals surface area contributed by atoms with Crippen LogP contribution >= 0.6 is 9.39 Å². The average molecular weight is 146 g/mol. The highest BCUT2D eigenvalue weighted by Crippen LogP contribution is 2.19. The van der Waals surface area contributed by atoms with Crippen molar-refractivity contribution >= 4 is 9.39 Å². The van der Waals surface area contributed by atoms with Crippen LogP contribution in [0.25, 0.3) is 0 Å². The van der Waals surface area contributed by atoms with Gasteiger partial charge in [-0.2, -0.15) is 0 Å². The second-order valence-corrected chi connectivity index (χ2v) is 3.81. The summed E-state index contributed by atoms with van der Waals surface area (Å²) in [6.45, 7) is 7.83. The second-order valence-electron chi connectivity index (χ2n) is 3.18. The second kappa shape index (κ2) is 2.53. The van der Waals surface area contributed by atoms with E-state index in [9.17, 15) is 0 Å². The van der Waals surface area contributed by atoms with E-state index in [1.54, 1.807) is 0 Å². The van der Waals surface area contributed by atoms with E-state index in [0.717, 1.165) is 19.6 Å². The number of hydrogen-bond donors (Lipinski definition) is 1. The zero-order chi connectivity index (χ0) is 6.91. The lowest BCUT2D eigenvalue weighted by Gasteiger charge is -2.39. The highest BCUT2D eigenvalue weighted by atomic mass is 31.0. The van der Waals surface area contributed by atoms with Gasteiger partial charge in [0.2, 0.25) is 0 Å². The molecule has 9 heavy (non-hydrogen) atoms. The maximum absolute atomic E-state index is 3.35. The van der Waals surface area contributed by atoms with E-state index in [0.29, 0.717) is 5.54 Å². The van der Waals surface area contributed by atoms with Crippen LogP contribution in [-0.2, 0) is 0 Å². The first-order chi connectivity index (χ1) is 4.13. The van der Waals surface area contributed by atoms with Crippen molar-refractivity contribution in [2.45, 2.75) is 19.4 Å². The predicted molar refractivity (Wildman–Crippen MR) is 43.4 cm³/mol. The topological polar surface area (TPSA) is 15.3 Å². The van der Waals surface area contributed by atoms with Gasteiger partial charge < -0.3 is 5.32 Å². The van der Waals surface area contributed by atoms with Gasteiger partial charge in [-0.3, -0.25) is 4.67 Å².